The second-order valence-electron chi connectivity index (χ2n) is 4.83. The number of carbonyl (C=O) groups excluding carboxylic acids is 1. The van der Waals surface area contributed by atoms with Gasteiger partial charge in [-0.05, 0) is 49.2 Å². The highest BCUT2D eigenvalue weighted by atomic mass is 19.2. The zero-order valence-corrected chi connectivity index (χ0v) is 11.8. The molecule has 3 nitrogen and oxygen atoms in total. The van der Waals surface area contributed by atoms with E-state index in [2.05, 4.69) is 10.6 Å². The van der Waals surface area contributed by atoms with Gasteiger partial charge in [-0.15, -0.1) is 0 Å². The van der Waals surface area contributed by atoms with Gasteiger partial charge < -0.3 is 10.6 Å². The number of hydrogen-bond donors (Lipinski definition) is 2. The van der Waals surface area contributed by atoms with Crippen LogP contribution in [0.25, 0.3) is 0 Å². The van der Waals surface area contributed by atoms with Crippen molar-refractivity contribution < 1.29 is 13.6 Å². The number of hydrogen-bond acceptors (Lipinski definition) is 2. The summed E-state index contributed by atoms with van der Waals surface area (Å²) in [5.74, 6) is -2.13. The molecule has 1 amide bonds. The van der Waals surface area contributed by atoms with Crippen LogP contribution in [0.15, 0.2) is 36.4 Å². The standard InChI is InChI=1S/C16H16F2N2O/c1-10-3-4-13(7-11(10)2)20-16(21)9-19-12-5-6-14(17)15(18)8-12/h3-8,19H,9H2,1-2H3,(H,20,21). The van der Waals surface area contributed by atoms with Crippen molar-refractivity contribution in [1.82, 2.24) is 0 Å². The topological polar surface area (TPSA) is 41.1 Å². The van der Waals surface area contributed by atoms with Gasteiger partial charge in [0, 0.05) is 17.4 Å². The van der Waals surface area contributed by atoms with Crippen molar-refractivity contribution in [3.63, 3.8) is 0 Å². The number of amides is 1. The fourth-order valence-corrected chi connectivity index (χ4v) is 1.81. The zero-order valence-electron chi connectivity index (χ0n) is 11.8. The Balaban J connectivity index is 1.92. The predicted molar refractivity (Wildman–Crippen MR) is 79.4 cm³/mol. The molecule has 0 unspecified atom stereocenters. The molecule has 0 fully saturated rings. The molecule has 110 valence electrons. The quantitative estimate of drug-likeness (QED) is 0.902. The Kier molecular flexibility index (Phi) is 4.52. The smallest absolute Gasteiger partial charge is 0.243 e. The van der Waals surface area contributed by atoms with Crippen molar-refractivity contribution in [1.29, 1.82) is 0 Å². The van der Waals surface area contributed by atoms with Crippen LogP contribution in [0.2, 0.25) is 0 Å². The Hall–Kier alpha value is -2.43. The van der Waals surface area contributed by atoms with Crippen molar-refractivity contribution in [3.05, 3.63) is 59.2 Å². The maximum absolute atomic E-state index is 13.0. The molecule has 5 heteroatoms. The van der Waals surface area contributed by atoms with E-state index in [1.165, 1.54) is 6.07 Å². The van der Waals surface area contributed by atoms with E-state index in [0.717, 1.165) is 23.3 Å². The van der Waals surface area contributed by atoms with Gasteiger partial charge in [0.1, 0.15) is 0 Å². The molecule has 0 saturated carbocycles. The first-order valence-electron chi connectivity index (χ1n) is 6.52. The molecule has 2 N–H and O–H groups in total. The lowest BCUT2D eigenvalue weighted by molar-refractivity contribution is -0.114. The highest BCUT2D eigenvalue weighted by Gasteiger charge is 2.05. The number of rotatable bonds is 4. The molecule has 0 spiro atoms. The first kappa shape index (κ1) is 15.0. The van der Waals surface area contributed by atoms with E-state index in [1.54, 1.807) is 0 Å². The molecule has 0 radical (unpaired) electrons. The molecule has 0 aromatic heterocycles. The molecule has 0 bridgehead atoms. The van der Waals surface area contributed by atoms with Crippen LogP contribution in [-0.4, -0.2) is 12.5 Å². The highest BCUT2D eigenvalue weighted by Crippen LogP contribution is 2.15. The van der Waals surface area contributed by atoms with E-state index < -0.39 is 11.6 Å². The molecule has 0 heterocycles. The van der Waals surface area contributed by atoms with E-state index >= 15 is 0 Å². The van der Waals surface area contributed by atoms with E-state index in [1.807, 2.05) is 32.0 Å². The van der Waals surface area contributed by atoms with Gasteiger partial charge in [0.05, 0.1) is 6.54 Å². The molecule has 21 heavy (non-hydrogen) atoms. The Labute approximate surface area is 122 Å². The Morgan fingerprint density at radius 2 is 1.67 bits per heavy atom. The first-order chi connectivity index (χ1) is 9.95. The Morgan fingerprint density at radius 3 is 2.33 bits per heavy atom. The lowest BCUT2D eigenvalue weighted by atomic mass is 10.1. The molecule has 0 atom stereocenters. The minimum atomic E-state index is -0.949. The summed E-state index contributed by atoms with van der Waals surface area (Å²) in [6.45, 7) is 3.92. The third-order valence-corrected chi connectivity index (χ3v) is 3.16. The predicted octanol–water partition coefficient (Wildman–Crippen LogP) is 3.63. The molecular formula is C16H16F2N2O. The maximum Gasteiger partial charge on any atom is 0.243 e. The Morgan fingerprint density at radius 1 is 0.952 bits per heavy atom. The van der Waals surface area contributed by atoms with Crippen molar-refractivity contribution in [2.24, 2.45) is 0 Å². The monoisotopic (exact) mass is 290 g/mol. The molecule has 0 aliphatic rings. The Bertz CT molecular complexity index is 671. The molecule has 2 aromatic carbocycles. The van der Waals surface area contributed by atoms with Crippen LogP contribution in [0, 0.1) is 25.5 Å². The van der Waals surface area contributed by atoms with Gasteiger partial charge in [-0.1, -0.05) is 6.07 Å². The van der Waals surface area contributed by atoms with E-state index in [4.69, 9.17) is 0 Å². The number of aryl methyl sites for hydroxylation is 2. The van der Waals surface area contributed by atoms with Crippen LogP contribution in [0.3, 0.4) is 0 Å². The minimum Gasteiger partial charge on any atom is -0.376 e. The average molecular weight is 290 g/mol. The fraction of sp³-hybridized carbons (Fsp3) is 0.188. The van der Waals surface area contributed by atoms with E-state index in [-0.39, 0.29) is 12.5 Å². The SMILES string of the molecule is Cc1ccc(NC(=O)CNc2ccc(F)c(F)c2)cc1C. The third-order valence-electron chi connectivity index (χ3n) is 3.16. The van der Waals surface area contributed by atoms with Crippen LogP contribution in [0.5, 0.6) is 0 Å². The van der Waals surface area contributed by atoms with Gasteiger partial charge in [-0.25, -0.2) is 8.78 Å². The van der Waals surface area contributed by atoms with Gasteiger partial charge in [-0.2, -0.15) is 0 Å². The summed E-state index contributed by atoms with van der Waals surface area (Å²) in [6, 6.07) is 9.02. The van der Waals surface area contributed by atoms with E-state index in [9.17, 15) is 13.6 Å². The van der Waals surface area contributed by atoms with Crippen LogP contribution in [0.4, 0.5) is 20.2 Å². The number of nitrogens with one attached hydrogen (secondary N) is 2. The highest BCUT2D eigenvalue weighted by molar-refractivity contribution is 5.93. The second kappa shape index (κ2) is 6.35. The summed E-state index contributed by atoms with van der Waals surface area (Å²) in [6.07, 6.45) is 0. The molecule has 2 rings (SSSR count). The molecule has 2 aromatic rings. The summed E-state index contributed by atoms with van der Waals surface area (Å²) >= 11 is 0. The van der Waals surface area contributed by atoms with Gasteiger partial charge in [-0.3, -0.25) is 4.79 Å². The van der Waals surface area contributed by atoms with E-state index in [0.29, 0.717) is 11.4 Å². The lowest BCUT2D eigenvalue weighted by Crippen LogP contribution is -2.21. The van der Waals surface area contributed by atoms with Crippen molar-refractivity contribution in [2.75, 3.05) is 17.2 Å². The van der Waals surface area contributed by atoms with Crippen LogP contribution in [-0.2, 0) is 4.79 Å². The largest absolute Gasteiger partial charge is 0.376 e. The maximum atomic E-state index is 13.0. The fourth-order valence-electron chi connectivity index (χ4n) is 1.81. The van der Waals surface area contributed by atoms with Crippen molar-refractivity contribution in [2.45, 2.75) is 13.8 Å². The van der Waals surface area contributed by atoms with Gasteiger partial charge >= 0.3 is 0 Å². The van der Waals surface area contributed by atoms with Crippen LogP contribution >= 0.6 is 0 Å². The number of halogens is 2. The van der Waals surface area contributed by atoms with Crippen molar-refractivity contribution in [3.8, 4) is 0 Å². The molecule has 0 saturated heterocycles. The van der Waals surface area contributed by atoms with Gasteiger partial charge in [0.25, 0.3) is 0 Å². The first-order valence-corrected chi connectivity index (χ1v) is 6.52. The second-order valence-corrected chi connectivity index (χ2v) is 4.83. The van der Waals surface area contributed by atoms with Crippen LogP contribution < -0.4 is 10.6 Å². The van der Waals surface area contributed by atoms with Crippen LogP contribution in [0.1, 0.15) is 11.1 Å². The number of benzene rings is 2. The van der Waals surface area contributed by atoms with Crippen molar-refractivity contribution >= 4 is 17.3 Å². The minimum absolute atomic E-state index is 0.0298. The normalized spacial score (nSPS) is 10.3. The molecular weight excluding hydrogens is 274 g/mol. The van der Waals surface area contributed by atoms with Gasteiger partial charge in [0.15, 0.2) is 11.6 Å². The average Bonchev–Trinajstić information content (AvgIpc) is 2.44. The summed E-state index contributed by atoms with van der Waals surface area (Å²) in [5.41, 5.74) is 3.29. The summed E-state index contributed by atoms with van der Waals surface area (Å²) in [5, 5.41) is 5.48. The number of carbonyl (C=O) groups is 1. The summed E-state index contributed by atoms with van der Waals surface area (Å²) in [4.78, 5) is 11.8. The zero-order chi connectivity index (χ0) is 15.4. The summed E-state index contributed by atoms with van der Waals surface area (Å²) < 4.78 is 25.8. The number of anilines is 2. The molecule has 0 aliphatic carbocycles. The summed E-state index contributed by atoms with van der Waals surface area (Å²) in [7, 11) is 0. The lowest BCUT2D eigenvalue weighted by Gasteiger charge is -2.09. The third kappa shape index (κ3) is 4.02. The molecule has 0 aliphatic heterocycles. The van der Waals surface area contributed by atoms with Gasteiger partial charge in [0.2, 0.25) is 5.91 Å².